The van der Waals surface area contributed by atoms with E-state index in [1.54, 1.807) is 24.8 Å². The van der Waals surface area contributed by atoms with Gasteiger partial charge in [-0.05, 0) is 156 Å². The molecule has 12 nitrogen and oxygen atoms in total. The number of carbonyl (C=O) groups is 2. The van der Waals surface area contributed by atoms with Crippen LogP contribution in [0.2, 0.25) is 0 Å². The molecule has 0 radical (unpaired) electrons. The number of carbonyl (C=O) groups excluding carboxylic acids is 2. The molecule has 6 aromatic carbocycles. The molecule has 0 unspecified atom stereocenters. The molecule has 10 aromatic rings. The zero-order valence-corrected chi connectivity index (χ0v) is 55.3. The second kappa shape index (κ2) is 27.9. The van der Waals surface area contributed by atoms with Crippen LogP contribution < -0.4 is 30.6 Å². The maximum absolute atomic E-state index is 12.8. The van der Waals surface area contributed by atoms with Gasteiger partial charge in [-0.15, -0.1) is 34.2 Å². The van der Waals surface area contributed by atoms with Gasteiger partial charge in [0.05, 0.1) is 22.8 Å². The first-order valence-corrected chi connectivity index (χ1v) is 28.7. The fourth-order valence-electron chi connectivity index (χ4n) is 10.5. The van der Waals surface area contributed by atoms with Gasteiger partial charge in [0.2, 0.25) is 0 Å². The average molecular weight is 1270 g/mol. The van der Waals surface area contributed by atoms with Crippen LogP contribution in [0, 0.1) is 13.8 Å². The number of nitrogens with zero attached hydrogens (tertiary/aromatic N) is 8. The summed E-state index contributed by atoms with van der Waals surface area (Å²) >= 11 is 0. The smallest absolute Gasteiger partial charge is 0.664 e. The molecule has 2 amide bonds. The van der Waals surface area contributed by atoms with Crippen LogP contribution in [0.15, 0.2) is 310 Å². The van der Waals surface area contributed by atoms with Crippen LogP contribution in [0.4, 0.5) is 11.4 Å². The van der Waals surface area contributed by atoms with E-state index >= 15 is 0 Å². The summed E-state index contributed by atoms with van der Waals surface area (Å²) in [5.74, 6) is -0.331. The molecule has 14 rings (SSSR count). The van der Waals surface area contributed by atoms with Crippen molar-refractivity contribution in [1.82, 2.24) is 19.9 Å². The third-order valence-electron chi connectivity index (χ3n) is 15.0. The Balaban J connectivity index is 0.000000181. The Labute approximate surface area is 547 Å². The number of aliphatic imine (C=N–C) groups is 4. The number of hydrogen-bond donors (Lipinski definition) is 2. The van der Waals surface area contributed by atoms with Gasteiger partial charge < -0.3 is 30.6 Å². The molecule has 14 heteroatoms. The van der Waals surface area contributed by atoms with Crippen molar-refractivity contribution in [1.29, 1.82) is 0 Å². The van der Waals surface area contributed by atoms with Gasteiger partial charge in [0.25, 0.3) is 11.8 Å². The van der Waals surface area contributed by atoms with E-state index in [0.717, 1.165) is 124 Å². The van der Waals surface area contributed by atoms with E-state index in [9.17, 15) is 9.59 Å². The van der Waals surface area contributed by atoms with E-state index in [4.69, 9.17) is 20.0 Å². The van der Waals surface area contributed by atoms with Crippen LogP contribution in [0.25, 0.3) is 22.3 Å². The van der Waals surface area contributed by atoms with Crippen molar-refractivity contribution >= 4 is 69.3 Å². The second-order valence-corrected chi connectivity index (χ2v) is 21.0. The first-order chi connectivity index (χ1) is 43.2. The summed E-state index contributed by atoms with van der Waals surface area (Å²) in [5, 5.41) is 5.87. The van der Waals surface area contributed by atoms with Crippen molar-refractivity contribution in [3.63, 3.8) is 0 Å². The van der Waals surface area contributed by atoms with Crippen LogP contribution in [-0.4, -0.2) is 35.7 Å². The minimum absolute atomic E-state index is 0. The Kier molecular flexibility index (Phi) is 18.9. The van der Waals surface area contributed by atoms with E-state index in [2.05, 4.69) is 93.0 Å². The first-order valence-electron chi connectivity index (χ1n) is 28.7. The van der Waals surface area contributed by atoms with Crippen molar-refractivity contribution in [3.8, 4) is 0 Å². The predicted octanol–water partition coefficient (Wildman–Crippen LogP) is 14.8. The average Bonchev–Trinajstić information content (AvgIpc) is 1.89. The van der Waals surface area contributed by atoms with Crippen molar-refractivity contribution in [2.45, 2.75) is 13.8 Å². The second-order valence-electron chi connectivity index (χ2n) is 21.0. The van der Waals surface area contributed by atoms with Gasteiger partial charge in [0, 0.05) is 46.4 Å². The molecule has 90 heavy (non-hydrogen) atoms. The van der Waals surface area contributed by atoms with Crippen molar-refractivity contribution < 1.29 is 48.5 Å². The molecule has 0 saturated carbocycles. The van der Waals surface area contributed by atoms with Crippen molar-refractivity contribution in [3.05, 3.63) is 369 Å². The molecular formula is C76H54N10O2Zn2. The summed E-state index contributed by atoms with van der Waals surface area (Å²) < 4.78 is 0. The Bertz CT molecular complexity index is 4620. The molecule has 4 aromatic heterocycles. The number of rotatable bonds is 14. The van der Waals surface area contributed by atoms with Crippen molar-refractivity contribution in [2.24, 2.45) is 20.0 Å². The molecule has 2 N–H and O–H groups in total. The fraction of sp³-hybridized carbons (Fsp3) is 0.0263. The molecule has 0 saturated heterocycles. The van der Waals surface area contributed by atoms with Gasteiger partial charge >= 0.3 is 39.0 Å². The van der Waals surface area contributed by atoms with Crippen LogP contribution >= 0.6 is 0 Å². The predicted molar refractivity (Wildman–Crippen MR) is 354 cm³/mol. The molecule has 0 spiro atoms. The van der Waals surface area contributed by atoms with Gasteiger partial charge in [0.1, 0.15) is 0 Å². The Hall–Kier alpha value is -10.8. The monoisotopic (exact) mass is 1270 g/mol. The third kappa shape index (κ3) is 13.7. The molecule has 4 aliphatic heterocycles. The third-order valence-corrected chi connectivity index (χ3v) is 15.0. The summed E-state index contributed by atoms with van der Waals surface area (Å²) in [7, 11) is 0. The van der Waals surface area contributed by atoms with Gasteiger partial charge in [-0.25, -0.2) is 9.98 Å². The van der Waals surface area contributed by atoms with E-state index in [1.165, 1.54) is 11.1 Å². The topological polar surface area (TPSA) is 164 Å². The van der Waals surface area contributed by atoms with E-state index < -0.39 is 0 Å². The number of anilines is 2. The fourth-order valence-corrected chi connectivity index (χ4v) is 10.5. The maximum Gasteiger partial charge on any atom is 2.00 e. The van der Waals surface area contributed by atoms with E-state index in [0.29, 0.717) is 11.1 Å². The Morgan fingerprint density at radius 2 is 0.700 bits per heavy atom. The van der Waals surface area contributed by atoms with E-state index in [1.807, 2.05) is 206 Å². The summed E-state index contributed by atoms with van der Waals surface area (Å²) in [4.78, 5) is 64.0. The zero-order chi connectivity index (χ0) is 59.8. The Morgan fingerprint density at radius 3 is 1.04 bits per heavy atom. The number of hydrogen-bond acceptors (Lipinski definition) is 6. The SMILES string of the molecule is Cc1ccc(/C(=C2\C=CC(c3ccc(/C(=C4/C=CC=N4)c4ccc(C(=O)Nc5ccccc5)cc4)[n-]3)=N2)c2ccc[n-]2)cc1.Cc1ccc(/C(=C2\C=CC=N2)c2ccc(C3=N/C(=C(/c4ccc(C(=O)Nc5ccccc5)cc4)c4ccc[n-]4)C=C3)[n-]2)cc1.[Zn+2].[Zn+2]. The first kappa shape index (κ1) is 60.9. The molecule has 0 aliphatic carbocycles. The number of nitrogens with one attached hydrogen (secondary N) is 2. The quantitative estimate of drug-likeness (QED) is 0.103. The van der Waals surface area contributed by atoms with Gasteiger partial charge in [-0.1, -0.05) is 169 Å². The maximum atomic E-state index is 12.8. The molecule has 4 aliphatic rings. The van der Waals surface area contributed by atoms with Gasteiger partial charge in [-0.2, -0.15) is 12.4 Å². The van der Waals surface area contributed by atoms with Crippen LogP contribution in [0.1, 0.15) is 88.3 Å². The van der Waals surface area contributed by atoms with Crippen LogP contribution in [0.5, 0.6) is 0 Å². The normalized spacial score (nSPS) is 15.5. The van der Waals surface area contributed by atoms with Gasteiger partial charge in [-0.3, -0.25) is 19.6 Å². The molecule has 0 atom stereocenters. The van der Waals surface area contributed by atoms with Crippen molar-refractivity contribution in [2.75, 3.05) is 10.6 Å². The molecule has 424 valence electrons. The summed E-state index contributed by atoms with van der Waals surface area (Å²) in [5.41, 5.74) is 22.5. The number of aryl methyl sites for hydroxylation is 2. The van der Waals surface area contributed by atoms with Crippen LogP contribution in [0.3, 0.4) is 0 Å². The van der Waals surface area contributed by atoms with Crippen LogP contribution in [-0.2, 0) is 39.0 Å². The van der Waals surface area contributed by atoms with E-state index in [-0.39, 0.29) is 50.8 Å². The number of allylic oxidation sites excluding steroid dienone is 8. The summed E-state index contributed by atoms with van der Waals surface area (Å²) in [6, 6.07) is 66.6. The summed E-state index contributed by atoms with van der Waals surface area (Å²) in [6.45, 7) is 4.16. The van der Waals surface area contributed by atoms with Gasteiger partial charge in [0.15, 0.2) is 0 Å². The molecule has 8 heterocycles. The summed E-state index contributed by atoms with van der Waals surface area (Å²) in [6.07, 6.45) is 23.0. The number of para-hydroxylation sites is 2. The standard InChI is InChI=1S/2C38H28N5O.2Zn/c2*1-25-11-13-26(14-12-25)36(32-9-5-23-39-32)34-21-19-30(42-34)31-20-22-35(43-31)37(33-10-6-24-40-33)27-15-17-28(18-16-27)38(44)41-29-7-3-2-4-8-29;;/h2*2-24H,1H3,(H2-,39,40,41,42,43,44);;/q2*-1;2*+2/p-2. The number of amides is 2. The number of benzene rings is 6. The molecular weight excluding hydrogens is 1220 g/mol. The Morgan fingerprint density at radius 1 is 0.344 bits per heavy atom. The zero-order valence-electron chi connectivity index (χ0n) is 49.4. The largest absolute Gasteiger partial charge is 2.00 e. The minimum Gasteiger partial charge on any atom is -0.664 e. The molecule has 0 fully saturated rings. The number of aromatic nitrogens is 4. The molecule has 0 bridgehead atoms. The minimum atomic E-state index is -0.165.